The molecule has 1 aliphatic rings. The number of hydrogen-bond acceptors (Lipinski definition) is 5. The molecule has 2 N–H and O–H groups in total. The average molecular weight is 398 g/mol. The highest BCUT2D eigenvalue weighted by Gasteiger charge is 2.28. The van der Waals surface area contributed by atoms with E-state index in [0.29, 0.717) is 24.4 Å². The third-order valence-electron chi connectivity index (χ3n) is 4.97. The molecule has 2 atom stereocenters. The van der Waals surface area contributed by atoms with Crippen LogP contribution in [-0.4, -0.2) is 45.2 Å². The van der Waals surface area contributed by atoms with E-state index in [-0.39, 0.29) is 24.4 Å². The Hall–Kier alpha value is -3.20. The summed E-state index contributed by atoms with van der Waals surface area (Å²) in [5.74, 6) is -1.71. The summed E-state index contributed by atoms with van der Waals surface area (Å²) < 4.78 is 26.9. The molecule has 4 rings (SSSR count). The van der Waals surface area contributed by atoms with Gasteiger partial charge in [-0.15, -0.1) is 10.2 Å². The Kier molecular flexibility index (Phi) is 5.57. The molecule has 1 fully saturated rings. The van der Waals surface area contributed by atoms with Gasteiger partial charge in [0.1, 0.15) is 6.54 Å². The summed E-state index contributed by atoms with van der Waals surface area (Å²) in [6.07, 6.45) is 0.704. The van der Waals surface area contributed by atoms with E-state index in [2.05, 4.69) is 26.0 Å². The second-order valence-corrected chi connectivity index (χ2v) is 6.96. The molecular formula is C20H20F2N6O. The summed E-state index contributed by atoms with van der Waals surface area (Å²) >= 11 is 0. The molecule has 29 heavy (non-hydrogen) atoms. The lowest BCUT2D eigenvalue weighted by molar-refractivity contribution is -0.123. The first-order valence-electron chi connectivity index (χ1n) is 9.38. The molecule has 1 saturated heterocycles. The lowest BCUT2D eigenvalue weighted by atomic mass is 9.86. The highest BCUT2D eigenvalue weighted by molar-refractivity contribution is 5.76. The molecule has 150 valence electrons. The van der Waals surface area contributed by atoms with Crippen molar-refractivity contribution in [2.24, 2.45) is 0 Å². The number of piperidine rings is 1. The van der Waals surface area contributed by atoms with Crippen molar-refractivity contribution < 1.29 is 13.6 Å². The van der Waals surface area contributed by atoms with E-state index < -0.39 is 11.6 Å². The quantitative estimate of drug-likeness (QED) is 0.686. The van der Waals surface area contributed by atoms with Crippen LogP contribution in [0.3, 0.4) is 0 Å². The van der Waals surface area contributed by atoms with Crippen LogP contribution in [-0.2, 0) is 11.3 Å². The number of rotatable bonds is 5. The fraction of sp³-hybridized carbons (Fsp3) is 0.300. The highest BCUT2D eigenvalue weighted by atomic mass is 19.2. The monoisotopic (exact) mass is 398 g/mol. The van der Waals surface area contributed by atoms with E-state index in [1.807, 2.05) is 30.3 Å². The number of nitrogens with zero attached hydrogens (tertiary/aromatic N) is 4. The van der Waals surface area contributed by atoms with Crippen LogP contribution in [0.15, 0.2) is 48.5 Å². The van der Waals surface area contributed by atoms with Crippen LogP contribution >= 0.6 is 0 Å². The molecular weight excluding hydrogens is 378 g/mol. The van der Waals surface area contributed by atoms with Crippen molar-refractivity contribution in [1.29, 1.82) is 0 Å². The van der Waals surface area contributed by atoms with Gasteiger partial charge in [-0.3, -0.25) is 4.79 Å². The molecule has 0 spiro atoms. The van der Waals surface area contributed by atoms with E-state index in [1.54, 1.807) is 6.07 Å². The molecule has 1 aliphatic heterocycles. The molecule has 2 aromatic carbocycles. The number of hydrogen-bond donors (Lipinski definition) is 2. The number of nitrogens with one attached hydrogen (secondary N) is 2. The molecule has 0 aliphatic carbocycles. The molecule has 2 heterocycles. The van der Waals surface area contributed by atoms with Crippen LogP contribution in [0, 0.1) is 11.6 Å². The number of benzene rings is 2. The summed E-state index contributed by atoms with van der Waals surface area (Å²) in [5, 5.41) is 18.3. The van der Waals surface area contributed by atoms with Crippen molar-refractivity contribution in [2.75, 3.05) is 13.1 Å². The highest BCUT2D eigenvalue weighted by Crippen LogP contribution is 2.27. The number of aromatic nitrogens is 4. The fourth-order valence-electron chi connectivity index (χ4n) is 3.55. The van der Waals surface area contributed by atoms with Gasteiger partial charge in [0.15, 0.2) is 11.6 Å². The van der Waals surface area contributed by atoms with Crippen LogP contribution in [0.4, 0.5) is 8.78 Å². The average Bonchev–Trinajstić information content (AvgIpc) is 3.19. The van der Waals surface area contributed by atoms with Gasteiger partial charge in [0.25, 0.3) is 0 Å². The first-order chi connectivity index (χ1) is 14.1. The van der Waals surface area contributed by atoms with Crippen molar-refractivity contribution in [3.8, 4) is 11.4 Å². The molecule has 3 aromatic rings. The molecule has 0 bridgehead atoms. The summed E-state index contributed by atoms with van der Waals surface area (Å²) in [5.41, 5.74) is 1.48. The predicted octanol–water partition coefficient (Wildman–Crippen LogP) is 1.88. The second kappa shape index (κ2) is 8.44. The SMILES string of the molecule is O=C(Cn1nnc(-c2ccccc2)n1)NC1CNCCC1c1ccc(F)c(F)c1. The van der Waals surface area contributed by atoms with Crippen LogP contribution in [0.25, 0.3) is 11.4 Å². The van der Waals surface area contributed by atoms with Crippen LogP contribution in [0.1, 0.15) is 17.9 Å². The molecule has 1 amide bonds. The van der Waals surface area contributed by atoms with Gasteiger partial charge >= 0.3 is 0 Å². The lowest BCUT2D eigenvalue weighted by Gasteiger charge is -2.33. The minimum Gasteiger partial charge on any atom is -0.350 e. The van der Waals surface area contributed by atoms with Gasteiger partial charge in [-0.05, 0) is 35.9 Å². The fourth-order valence-corrected chi connectivity index (χ4v) is 3.55. The molecule has 0 saturated carbocycles. The van der Waals surface area contributed by atoms with Crippen LogP contribution < -0.4 is 10.6 Å². The third kappa shape index (κ3) is 4.45. The standard InChI is InChI=1S/C20H20F2N6O/c21-16-7-6-14(10-17(16)22)15-8-9-23-11-18(15)24-19(29)12-28-26-20(25-27-28)13-4-2-1-3-5-13/h1-7,10,15,18,23H,8-9,11-12H2,(H,24,29). The summed E-state index contributed by atoms with van der Waals surface area (Å²) in [7, 11) is 0. The van der Waals surface area contributed by atoms with E-state index in [4.69, 9.17) is 0 Å². The Morgan fingerprint density at radius 2 is 2.00 bits per heavy atom. The topological polar surface area (TPSA) is 84.7 Å². The maximum absolute atomic E-state index is 13.6. The zero-order valence-electron chi connectivity index (χ0n) is 15.6. The van der Waals surface area contributed by atoms with E-state index in [0.717, 1.165) is 18.2 Å². The van der Waals surface area contributed by atoms with Gasteiger partial charge < -0.3 is 10.6 Å². The third-order valence-corrected chi connectivity index (χ3v) is 4.97. The smallest absolute Gasteiger partial charge is 0.243 e. The van der Waals surface area contributed by atoms with Gasteiger partial charge in [0, 0.05) is 24.1 Å². The number of carbonyl (C=O) groups is 1. The summed E-state index contributed by atoms with van der Waals surface area (Å²) in [6.45, 7) is 1.19. The van der Waals surface area contributed by atoms with Crippen molar-refractivity contribution in [2.45, 2.75) is 24.9 Å². The number of amides is 1. The van der Waals surface area contributed by atoms with Gasteiger partial charge in [-0.1, -0.05) is 36.4 Å². The Labute approximate surface area is 166 Å². The zero-order valence-corrected chi connectivity index (χ0v) is 15.6. The Morgan fingerprint density at radius 1 is 1.17 bits per heavy atom. The van der Waals surface area contributed by atoms with Crippen molar-refractivity contribution >= 4 is 5.91 Å². The first-order valence-corrected chi connectivity index (χ1v) is 9.38. The Morgan fingerprint density at radius 3 is 2.79 bits per heavy atom. The minimum atomic E-state index is -0.883. The minimum absolute atomic E-state index is 0.0825. The normalized spacial score (nSPS) is 19.1. The lowest BCUT2D eigenvalue weighted by Crippen LogP contribution is -2.50. The summed E-state index contributed by atoms with van der Waals surface area (Å²) in [4.78, 5) is 13.8. The Bertz CT molecular complexity index is 994. The summed E-state index contributed by atoms with van der Waals surface area (Å²) in [6, 6.07) is 13.0. The van der Waals surface area contributed by atoms with Crippen molar-refractivity contribution in [1.82, 2.24) is 30.8 Å². The van der Waals surface area contributed by atoms with Crippen molar-refractivity contribution in [3.05, 3.63) is 65.7 Å². The molecule has 9 heteroatoms. The molecule has 7 nitrogen and oxygen atoms in total. The van der Waals surface area contributed by atoms with Gasteiger partial charge in [0.05, 0.1) is 0 Å². The number of tetrazole rings is 1. The second-order valence-electron chi connectivity index (χ2n) is 6.96. The zero-order chi connectivity index (χ0) is 20.2. The molecule has 1 aromatic heterocycles. The number of halogens is 2. The van der Waals surface area contributed by atoms with Crippen molar-refractivity contribution in [3.63, 3.8) is 0 Å². The first kappa shape index (κ1) is 19.1. The van der Waals surface area contributed by atoms with Gasteiger partial charge in [-0.2, -0.15) is 4.80 Å². The van der Waals surface area contributed by atoms with Gasteiger partial charge in [-0.25, -0.2) is 8.78 Å². The maximum atomic E-state index is 13.6. The molecule has 2 unspecified atom stereocenters. The van der Waals surface area contributed by atoms with E-state index >= 15 is 0 Å². The van der Waals surface area contributed by atoms with Crippen LogP contribution in [0.2, 0.25) is 0 Å². The molecule has 0 radical (unpaired) electrons. The number of carbonyl (C=O) groups excluding carboxylic acids is 1. The maximum Gasteiger partial charge on any atom is 0.243 e. The van der Waals surface area contributed by atoms with Gasteiger partial charge in [0.2, 0.25) is 11.7 Å². The predicted molar refractivity (Wildman–Crippen MR) is 102 cm³/mol. The van der Waals surface area contributed by atoms with Crippen LogP contribution in [0.5, 0.6) is 0 Å². The van der Waals surface area contributed by atoms with E-state index in [9.17, 15) is 13.6 Å². The largest absolute Gasteiger partial charge is 0.350 e. The van der Waals surface area contributed by atoms with E-state index in [1.165, 1.54) is 10.9 Å². The Balaban J connectivity index is 1.42.